The summed E-state index contributed by atoms with van der Waals surface area (Å²) in [6.45, 7) is 7.93. The Labute approximate surface area is 296 Å². The average molecular weight is 754 g/mol. The molecular weight excluding hydrogens is 711 g/mol. The second-order valence-electron chi connectivity index (χ2n) is 10.2. The molecule has 0 unspecified atom stereocenters. The Balaban J connectivity index is 2.15. The van der Waals surface area contributed by atoms with Crippen LogP contribution in [-0.2, 0) is 3.83 Å². The van der Waals surface area contributed by atoms with Gasteiger partial charge in [0.2, 0.25) is 0 Å². The molecule has 0 N–H and O–H groups in total. The molecule has 0 saturated carbocycles. The van der Waals surface area contributed by atoms with E-state index in [0.29, 0.717) is 88.7 Å². The van der Waals surface area contributed by atoms with Gasteiger partial charge in [0.05, 0.1) is 0 Å². The minimum absolute atomic E-state index is 0.152. The summed E-state index contributed by atoms with van der Waals surface area (Å²) < 4.78 is 74.2. The third-order valence-corrected chi connectivity index (χ3v) is 10.7. The zero-order valence-corrected chi connectivity index (χ0v) is 31.2. The first kappa shape index (κ1) is 37.5. The van der Waals surface area contributed by atoms with E-state index >= 15 is 3.83 Å². The van der Waals surface area contributed by atoms with E-state index in [1.54, 1.807) is 60.7 Å². The first-order valence-corrected chi connectivity index (χ1v) is 17.6. The molecule has 0 fully saturated rings. The van der Waals surface area contributed by atoms with Crippen LogP contribution in [0.15, 0.2) is 73.8 Å². The summed E-state index contributed by atoms with van der Waals surface area (Å²) in [6, 6.07) is 14.1. The van der Waals surface area contributed by atoms with Crippen molar-refractivity contribution in [2.75, 3.05) is 70.1 Å². The zero-order chi connectivity index (χ0) is 36.4. The van der Waals surface area contributed by atoms with Gasteiger partial charge < -0.3 is 0 Å². The second kappa shape index (κ2) is 17.4. The monoisotopic (exact) mass is 754 g/mol. The van der Waals surface area contributed by atoms with E-state index in [1.165, 1.54) is 56.9 Å². The maximum absolute atomic E-state index is 15.4. The van der Waals surface area contributed by atoms with Crippen LogP contribution in [0.3, 0.4) is 0 Å². The van der Waals surface area contributed by atoms with Crippen molar-refractivity contribution in [3.05, 3.63) is 73.8 Å². The van der Waals surface area contributed by atoms with Gasteiger partial charge in [0.25, 0.3) is 0 Å². The van der Waals surface area contributed by atoms with Gasteiger partial charge >= 0.3 is 298 Å². The van der Waals surface area contributed by atoms with Crippen molar-refractivity contribution in [1.29, 1.82) is 0 Å². The molecule has 0 heterocycles. The van der Waals surface area contributed by atoms with Gasteiger partial charge in [-0.3, -0.25) is 0 Å². The van der Waals surface area contributed by atoms with Crippen LogP contribution in [0.2, 0.25) is 0 Å². The molecule has 0 amide bonds. The molecule has 4 aromatic rings. The van der Waals surface area contributed by atoms with E-state index in [0.717, 1.165) is 0 Å². The number of ether oxygens (including phenoxy) is 10. The summed E-state index contributed by atoms with van der Waals surface area (Å²) in [6.07, 6.45) is 3.23. The summed E-state index contributed by atoms with van der Waals surface area (Å²) in [5, 5.41) is 0. The predicted octanol–water partition coefficient (Wildman–Crippen LogP) is 5.76. The molecule has 12 heteroatoms. The van der Waals surface area contributed by atoms with E-state index in [1.807, 2.05) is 0 Å². The van der Waals surface area contributed by atoms with Gasteiger partial charge in [-0.1, -0.05) is 0 Å². The van der Waals surface area contributed by atoms with Gasteiger partial charge in [-0.2, -0.15) is 0 Å². The van der Waals surface area contributed by atoms with Crippen LogP contribution in [0.25, 0.3) is 22.3 Å². The van der Waals surface area contributed by atoms with Crippen molar-refractivity contribution in [3.63, 3.8) is 0 Å². The van der Waals surface area contributed by atoms with Crippen molar-refractivity contribution in [2.45, 2.75) is 0 Å². The Morgan fingerprint density at radius 3 is 1.06 bits per heavy atom. The van der Waals surface area contributed by atoms with E-state index in [4.69, 9.17) is 47.4 Å². The molecule has 50 heavy (non-hydrogen) atoms. The van der Waals surface area contributed by atoms with Crippen molar-refractivity contribution in [2.24, 2.45) is 0 Å². The van der Waals surface area contributed by atoms with Crippen LogP contribution in [0.1, 0.15) is 0 Å². The molecule has 0 aliphatic heterocycles. The third-order valence-electron chi connectivity index (χ3n) is 7.60. The number of hydrogen-bond donors (Lipinski definition) is 0. The van der Waals surface area contributed by atoms with Gasteiger partial charge in [-0.15, -0.1) is 0 Å². The summed E-state index contributed by atoms with van der Waals surface area (Å²) >= 11 is -3.27. The van der Waals surface area contributed by atoms with E-state index in [-0.39, 0.29) is 13.2 Å². The van der Waals surface area contributed by atoms with Crippen molar-refractivity contribution in [1.82, 2.24) is 0 Å². The number of methoxy groups -OCH3 is 8. The Hall–Kier alpha value is -5.32. The van der Waals surface area contributed by atoms with Gasteiger partial charge in [-0.05, 0) is 0 Å². The Kier molecular flexibility index (Phi) is 13.0. The second-order valence-corrected chi connectivity index (χ2v) is 13.2. The molecule has 0 spiro atoms. The molecule has 4 rings (SSSR count). The quantitative estimate of drug-likeness (QED) is 0.0915. The molecule has 11 nitrogen and oxygen atoms in total. The van der Waals surface area contributed by atoms with E-state index < -0.39 is 13.8 Å². The predicted molar refractivity (Wildman–Crippen MR) is 193 cm³/mol. The molecule has 266 valence electrons. The van der Waals surface area contributed by atoms with Gasteiger partial charge in [-0.25, -0.2) is 0 Å². The van der Waals surface area contributed by atoms with E-state index in [9.17, 15) is 0 Å². The molecule has 0 bridgehead atoms. The van der Waals surface area contributed by atoms with Crippen LogP contribution in [0.4, 0.5) is 0 Å². The number of benzene rings is 4. The third kappa shape index (κ3) is 7.31. The molecule has 0 saturated heterocycles. The van der Waals surface area contributed by atoms with Crippen LogP contribution < -0.4 is 56.3 Å². The van der Waals surface area contributed by atoms with Crippen molar-refractivity contribution in [3.8, 4) is 79.7 Å². The van der Waals surface area contributed by atoms with Gasteiger partial charge in [0, 0.05) is 0 Å². The molecule has 4 aromatic carbocycles. The minimum atomic E-state index is -3.27. The van der Waals surface area contributed by atoms with Crippen molar-refractivity contribution < 1.29 is 51.2 Å². The van der Waals surface area contributed by atoms with Crippen molar-refractivity contribution >= 4 is 22.8 Å². The molecule has 0 aliphatic carbocycles. The van der Waals surface area contributed by atoms with Crippen LogP contribution in [0.5, 0.6) is 57.5 Å². The van der Waals surface area contributed by atoms with Crippen LogP contribution >= 0.6 is 0 Å². The Bertz CT molecular complexity index is 1690. The molecule has 0 atom stereocenters. The fourth-order valence-corrected chi connectivity index (χ4v) is 8.37. The molecule has 0 aromatic heterocycles. The van der Waals surface area contributed by atoms with Crippen LogP contribution in [0, 0.1) is 0 Å². The summed E-state index contributed by atoms with van der Waals surface area (Å²) in [5.41, 5.74) is 2.18. The SMILES string of the molecule is C=CCOc1c(OC)ccc([Se](=O)c2ccc(OC)c(OCC=C)c2-c2cc(OC)c(OC)c(OC)c2)c1-c1cc(OC)c(OC)c(OC)c1. The summed E-state index contributed by atoms with van der Waals surface area (Å²) in [7, 11) is 12.2. The fraction of sp³-hybridized carbons (Fsp3) is 0.263. The average Bonchev–Trinajstić information content (AvgIpc) is 3.16. The topological polar surface area (TPSA) is 109 Å². The fourth-order valence-electron chi connectivity index (χ4n) is 5.41. The Morgan fingerprint density at radius 1 is 0.480 bits per heavy atom. The molecular formula is C38H42O11Se. The maximum atomic E-state index is 15.4. The summed E-state index contributed by atoms with van der Waals surface area (Å²) in [5.74, 6) is 3.95. The standard InChI is InChI=1S/C38H42O11Se/c1-11-17-48-37-25(40-3)13-15-31(33(37)23-19-27(42-5)35(46-9)28(20-23)43-6)50(39)32-16-14-26(41-4)38(49-18-12-2)34(32)24-21-29(44-7)36(47-10)30(22-24)45-8/h11-16,19-22H,1-2,17-18H2,3-10H3. The zero-order valence-electron chi connectivity index (χ0n) is 29.5. The first-order valence-electron chi connectivity index (χ1n) is 15.2. The number of rotatable bonds is 18. The molecule has 0 radical (unpaired) electrons. The van der Waals surface area contributed by atoms with Crippen LogP contribution in [-0.4, -0.2) is 83.9 Å². The summed E-state index contributed by atoms with van der Waals surface area (Å²) in [4.78, 5) is 0. The first-order chi connectivity index (χ1) is 24.3. The molecule has 0 aliphatic rings. The normalized spacial score (nSPS) is 10.6. The van der Waals surface area contributed by atoms with Gasteiger partial charge in [0.1, 0.15) is 0 Å². The Morgan fingerprint density at radius 2 is 0.800 bits per heavy atom. The van der Waals surface area contributed by atoms with E-state index in [2.05, 4.69) is 13.2 Å². The number of hydrogen-bond acceptors (Lipinski definition) is 11. The van der Waals surface area contributed by atoms with Gasteiger partial charge in [0.15, 0.2) is 0 Å².